The van der Waals surface area contributed by atoms with Crippen molar-refractivity contribution in [2.45, 2.75) is 0 Å². The molecule has 1 heterocycles. The van der Waals surface area contributed by atoms with Crippen LogP contribution in [-0.2, 0) is 0 Å². The zero-order valence-corrected chi connectivity index (χ0v) is 11.4. The quantitative estimate of drug-likeness (QED) is 0.527. The minimum atomic E-state index is -0.439. The van der Waals surface area contributed by atoms with Crippen molar-refractivity contribution >= 4 is 44.9 Å². The van der Waals surface area contributed by atoms with E-state index < -0.39 is 4.92 Å². The molecule has 18 heavy (non-hydrogen) atoms. The lowest BCUT2D eigenvalue weighted by Crippen LogP contribution is -1.92. The summed E-state index contributed by atoms with van der Waals surface area (Å²) in [5, 5.41) is 14.6. The fraction of sp³-hybridized carbons (Fsp3) is 0. The molecule has 0 spiro atoms. The third-order valence-electron chi connectivity index (χ3n) is 2.04. The van der Waals surface area contributed by atoms with E-state index in [9.17, 15) is 10.1 Å². The summed E-state index contributed by atoms with van der Waals surface area (Å²) in [4.78, 5) is 11.1. The maximum atomic E-state index is 10.6. The minimum absolute atomic E-state index is 0.0362. The van der Waals surface area contributed by atoms with Crippen molar-refractivity contribution in [1.29, 1.82) is 0 Å². The van der Waals surface area contributed by atoms with Crippen LogP contribution in [0.2, 0.25) is 0 Å². The van der Waals surface area contributed by atoms with Crippen molar-refractivity contribution in [3.05, 3.63) is 55.2 Å². The molecule has 1 aromatic carbocycles. The molecule has 0 saturated carbocycles. The molecule has 0 aliphatic rings. The molecule has 2 rings (SSSR count). The second-order valence-corrected chi connectivity index (χ2v) is 5.81. The molecule has 0 bridgehead atoms. The molecule has 7 heteroatoms. The highest BCUT2D eigenvalue weighted by Crippen LogP contribution is 2.21. The Kier molecular flexibility index (Phi) is 4.06. The van der Waals surface area contributed by atoms with Gasteiger partial charge in [-0.25, -0.2) is 0 Å². The van der Waals surface area contributed by atoms with Crippen molar-refractivity contribution in [2.24, 2.45) is 5.10 Å². The number of non-ortho nitro benzene ring substituents is 1. The fourth-order valence-electron chi connectivity index (χ4n) is 1.26. The third kappa shape index (κ3) is 3.38. The van der Waals surface area contributed by atoms with Crippen molar-refractivity contribution < 1.29 is 4.92 Å². The van der Waals surface area contributed by atoms with Gasteiger partial charge in [-0.05, 0) is 34.1 Å². The second-order valence-electron chi connectivity index (χ2n) is 3.32. The number of halogens is 1. The lowest BCUT2D eigenvalue weighted by molar-refractivity contribution is -0.384. The van der Waals surface area contributed by atoms with Crippen molar-refractivity contribution in [2.75, 3.05) is 5.43 Å². The number of thiophene rings is 1. The molecule has 0 atom stereocenters. The zero-order chi connectivity index (χ0) is 13.0. The average Bonchev–Trinajstić information content (AvgIpc) is 2.75. The van der Waals surface area contributed by atoms with Crippen LogP contribution < -0.4 is 5.43 Å². The monoisotopic (exact) mass is 325 g/mol. The Morgan fingerprint density at radius 2 is 2.22 bits per heavy atom. The van der Waals surface area contributed by atoms with E-state index in [0.29, 0.717) is 5.69 Å². The lowest BCUT2D eigenvalue weighted by Gasteiger charge is -1.98. The summed E-state index contributed by atoms with van der Waals surface area (Å²) < 4.78 is 1.03. The number of nitro groups is 1. The largest absolute Gasteiger partial charge is 0.278 e. The number of nitrogens with one attached hydrogen (secondary N) is 1. The first kappa shape index (κ1) is 12.7. The van der Waals surface area contributed by atoms with Crippen LogP contribution in [0.1, 0.15) is 4.88 Å². The van der Waals surface area contributed by atoms with Crippen molar-refractivity contribution in [3.63, 3.8) is 0 Å². The zero-order valence-electron chi connectivity index (χ0n) is 9.04. The molecular weight excluding hydrogens is 318 g/mol. The van der Waals surface area contributed by atoms with Gasteiger partial charge >= 0.3 is 0 Å². The normalized spacial score (nSPS) is 10.7. The summed E-state index contributed by atoms with van der Waals surface area (Å²) in [6.07, 6.45) is 1.66. The Hall–Kier alpha value is -1.73. The fourth-order valence-corrected chi connectivity index (χ4v) is 2.55. The van der Waals surface area contributed by atoms with Crippen LogP contribution in [0.25, 0.3) is 0 Å². The first-order chi connectivity index (χ1) is 8.65. The van der Waals surface area contributed by atoms with Gasteiger partial charge in [-0.3, -0.25) is 15.5 Å². The Labute approximate surface area is 115 Å². The van der Waals surface area contributed by atoms with Gasteiger partial charge in [-0.15, -0.1) is 11.3 Å². The van der Waals surface area contributed by atoms with E-state index in [2.05, 4.69) is 26.5 Å². The van der Waals surface area contributed by atoms with Crippen molar-refractivity contribution in [3.8, 4) is 0 Å². The molecule has 2 aromatic rings. The number of hydrogen-bond donors (Lipinski definition) is 1. The molecule has 0 amide bonds. The van der Waals surface area contributed by atoms with E-state index in [1.54, 1.807) is 29.7 Å². The predicted molar refractivity (Wildman–Crippen MR) is 76.3 cm³/mol. The summed E-state index contributed by atoms with van der Waals surface area (Å²) in [6, 6.07) is 10.0. The molecule has 0 aliphatic carbocycles. The summed E-state index contributed by atoms with van der Waals surface area (Å²) in [5.41, 5.74) is 3.37. The highest BCUT2D eigenvalue weighted by Gasteiger charge is 2.04. The molecule has 92 valence electrons. The predicted octanol–water partition coefficient (Wildman–Crippen LogP) is 3.86. The van der Waals surface area contributed by atoms with Crippen LogP contribution >= 0.6 is 27.3 Å². The van der Waals surface area contributed by atoms with E-state index in [0.717, 1.165) is 8.66 Å². The number of nitro benzene ring substituents is 1. The summed E-state index contributed by atoms with van der Waals surface area (Å²) >= 11 is 4.91. The van der Waals surface area contributed by atoms with Crippen LogP contribution in [0, 0.1) is 10.1 Å². The molecule has 0 radical (unpaired) electrons. The highest BCUT2D eigenvalue weighted by molar-refractivity contribution is 9.11. The van der Waals surface area contributed by atoms with Gasteiger partial charge in [-0.1, -0.05) is 6.07 Å². The van der Waals surface area contributed by atoms with Gasteiger partial charge in [0.15, 0.2) is 0 Å². The van der Waals surface area contributed by atoms with E-state index in [1.165, 1.54) is 12.1 Å². The van der Waals surface area contributed by atoms with Crippen LogP contribution in [0.15, 0.2) is 45.3 Å². The van der Waals surface area contributed by atoms with Gasteiger partial charge < -0.3 is 0 Å². The molecule has 5 nitrogen and oxygen atoms in total. The van der Waals surface area contributed by atoms with E-state index in [-0.39, 0.29) is 5.69 Å². The lowest BCUT2D eigenvalue weighted by atomic mass is 10.3. The first-order valence-electron chi connectivity index (χ1n) is 4.94. The number of rotatable bonds is 4. The summed E-state index contributed by atoms with van der Waals surface area (Å²) in [6.45, 7) is 0. The molecule has 0 unspecified atom stereocenters. The van der Waals surface area contributed by atoms with Crippen LogP contribution in [-0.4, -0.2) is 11.1 Å². The second kappa shape index (κ2) is 5.74. The Morgan fingerprint density at radius 1 is 1.39 bits per heavy atom. The Balaban J connectivity index is 2.04. The molecule has 1 aromatic heterocycles. The topological polar surface area (TPSA) is 67.5 Å². The van der Waals surface area contributed by atoms with Crippen LogP contribution in [0.3, 0.4) is 0 Å². The third-order valence-corrected chi connectivity index (χ3v) is 3.59. The van der Waals surface area contributed by atoms with Gasteiger partial charge in [0.25, 0.3) is 5.69 Å². The van der Waals surface area contributed by atoms with Gasteiger partial charge in [0, 0.05) is 17.0 Å². The number of anilines is 1. The van der Waals surface area contributed by atoms with E-state index in [1.807, 2.05) is 12.1 Å². The van der Waals surface area contributed by atoms with Crippen LogP contribution in [0.5, 0.6) is 0 Å². The highest BCUT2D eigenvalue weighted by atomic mass is 79.9. The van der Waals surface area contributed by atoms with Gasteiger partial charge in [-0.2, -0.15) is 5.10 Å². The van der Waals surface area contributed by atoms with Crippen molar-refractivity contribution in [1.82, 2.24) is 0 Å². The summed E-state index contributed by atoms with van der Waals surface area (Å²) in [7, 11) is 0. The number of hydrogen-bond acceptors (Lipinski definition) is 5. The number of nitrogens with zero attached hydrogens (tertiary/aromatic N) is 2. The molecule has 1 N–H and O–H groups in total. The maximum absolute atomic E-state index is 10.6. The maximum Gasteiger partial charge on any atom is 0.271 e. The average molecular weight is 326 g/mol. The summed E-state index contributed by atoms with van der Waals surface area (Å²) in [5.74, 6) is 0. The van der Waals surface area contributed by atoms with Crippen LogP contribution in [0.4, 0.5) is 11.4 Å². The van der Waals surface area contributed by atoms with E-state index >= 15 is 0 Å². The number of benzene rings is 1. The smallest absolute Gasteiger partial charge is 0.271 e. The molecule has 0 saturated heterocycles. The SMILES string of the molecule is O=[N+]([O-])c1cccc(N/N=C\c2ccc(Br)s2)c1. The molecule has 0 fully saturated rings. The van der Waals surface area contributed by atoms with Gasteiger partial charge in [0.1, 0.15) is 0 Å². The standard InChI is InChI=1S/C11H8BrN3O2S/c12-11-5-4-10(18-11)7-13-14-8-2-1-3-9(6-8)15(16)17/h1-7,14H/b13-7-. The van der Waals surface area contributed by atoms with Gasteiger partial charge in [0.05, 0.1) is 20.6 Å². The molecular formula is C11H8BrN3O2S. The van der Waals surface area contributed by atoms with E-state index in [4.69, 9.17) is 0 Å². The van der Waals surface area contributed by atoms with Gasteiger partial charge in [0.2, 0.25) is 0 Å². The molecule has 0 aliphatic heterocycles. The first-order valence-corrected chi connectivity index (χ1v) is 6.55. The minimum Gasteiger partial charge on any atom is -0.278 e. The Morgan fingerprint density at radius 3 is 2.89 bits per heavy atom. The number of hydrazone groups is 1. The Bertz CT molecular complexity index is 597.